The number of hydrogen-bond acceptors (Lipinski definition) is 6. The summed E-state index contributed by atoms with van der Waals surface area (Å²) in [5.74, 6) is -2.72. The van der Waals surface area contributed by atoms with Gasteiger partial charge in [-0.25, -0.2) is 4.79 Å². The molecule has 1 aromatic heterocycles. The van der Waals surface area contributed by atoms with Crippen molar-refractivity contribution in [3.8, 4) is 5.75 Å². The van der Waals surface area contributed by atoms with Crippen molar-refractivity contribution in [1.82, 2.24) is 20.5 Å². The monoisotopic (exact) mass is 611 g/mol. The van der Waals surface area contributed by atoms with Crippen LogP contribution in [0.1, 0.15) is 29.5 Å². The van der Waals surface area contributed by atoms with Crippen LogP contribution in [0.25, 0.3) is 10.9 Å². The lowest BCUT2D eigenvalue weighted by atomic mass is 10.0. The van der Waals surface area contributed by atoms with Crippen molar-refractivity contribution in [2.45, 2.75) is 56.3 Å². The smallest absolute Gasteiger partial charge is 0.326 e. The van der Waals surface area contributed by atoms with Gasteiger partial charge in [-0.2, -0.15) is 0 Å². The second-order valence-electron chi connectivity index (χ2n) is 11.4. The fourth-order valence-electron chi connectivity index (χ4n) is 5.81. The lowest BCUT2D eigenvalue weighted by Gasteiger charge is -2.29. The average molecular weight is 612 g/mol. The number of carbonyl (C=O) groups is 4. The number of carboxylic acids is 1. The third-order valence-corrected chi connectivity index (χ3v) is 8.18. The number of aromatic nitrogens is 1. The molecule has 0 radical (unpaired) electrons. The number of aromatic hydroxyl groups is 1. The lowest BCUT2D eigenvalue weighted by Crippen LogP contribution is -2.57. The molecule has 11 nitrogen and oxygen atoms in total. The number of benzene rings is 3. The Balaban J connectivity index is 1.29. The number of nitrogens with two attached hydrogens (primary N) is 1. The molecule has 1 fully saturated rings. The molecule has 5 rings (SSSR count). The Kier molecular flexibility index (Phi) is 9.79. The van der Waals surface area contributed by atoms with Crippen LogP contribution < -0.4 is 16.4 Å². The molecule has 0 spiro atoms. The first-order chi connectivity index (χ1) is 21.7. The van der Waals surface area contributed by atoms with Gasteiger partial charge in [-0.3, -0.25) is 14.4 Å². The van der Waals surface area contributed by atoms with Crippen molar-refractivity contribution in [3.63, 3.8) is 0 Å². The molecular formula is C34H37N5O6. The van der Waals surface area contributed by atoms with Crippen LogP contribution in [-0.4, -0.2) is 74.5 Å². The van der Waals surface area contributed by atoms with Crippen molar-refractivity contribution < 1.29 is 29.4 Å². The molecule has 4 unspecified atom stereocenters. The molecule has 0 aliphatic carbocycles. The van der Waals surface area contributed by atoms with E-state index in [0.29, 0.717) is 24.9 Å². The topological polar surface area (TPSA) is 178 Å². The molecule has 234 valence electrons. The van der Waals surface area contributed by atoms with Crippen LogP contribution >= 0.6 is 0 Å². The summed E-state index contributed by atoms with van der Waals surface area (Å²) < 4.78 is 0. The van der Waals surface area contributed by atoms with Gasteiger partial charge in [0.05, 0.1) is 6.04 Å². The van der Waals surface area contributed by atoms with Gasteiger partial charge < -0.3 is 36.5 Å². The molecule has 4 atom stereocenters. The highest BCUT2D eigenvalue weighted by Gasteiger charge is 2.38. The molecule has 4 aromatic rings. The van der Waals surface area contributed by atoms with Crippen LogP contribution in [0.5, 0.6) is 5.75 Å². The van der Waals surface area contributed by atoms with Gasteiger partial charge in [-0.05, 0) is 54.2 Å². The zero-order valence-corrected chi connectivity index (χ0v) is 24.7. The fraction of sp³-hybridized carbons (Fsp3) is 0.294. The molecule has 0 saturated carbocycles. The summed E-state index contributed by atoms with van der Waals surface area (Å²) in [6.45, 7) is 0.353. The maximum absolute atomic E-state index is 13.7. The Morgan fingerprint density at radius 2 is 1.53 bits per heavy atom. The van der Waals surface area contributed by atoms with Gasteiger partial charge in [-0.15, -0.1) is 0 Å². The van der Waals surface area contributed by atoms with Gasteiger partial charge >= 0.3 is 5.97 Å². The second kappa shape index (κ2) is 14.1. The standard InChI is InChI=1S/C34H37N5O6/c35-26(19-23-20-36-27-10-5-4-9-25(23)27)33(43)39-16-6-11-30(39)32(42)37-28(17-22-12-14-24(40)15-13-22)31(41)38-29(34(44)45)18-21-7-2-1-3-8-21/h1-5,7-10,12-15,20,26,28-30,36,40H,6,11,16-19,35H2,(H,37,42)(H,38,41)(H,44,45). The summed E-state index contributed by atoms with van der Waals surface area (Å²) >= 11 is 0. The Hall–Kier alpha value is -5.16. The predicted molar refractivity (Wildman–Crippen MR) is 168 cm³/mol. The first kappa shape index (κ1) is 31.3. The van der Waals surface area contributed by atoms with Gasteiger partial charge in [0.25, 0.3) is 0 Å². The molecule has 3 aromatic carbocycles. The molecule has 3 amide bonds. The zero-order chi connectivity index (χ0) is 31.9. The molecular weight excluding hydrogens is 574 g/mol. The van der Waals surface area contributed by atoms with Crippen LogP contribution in [-0.2, 0) is 38.4 Å². The van der Waals surface area contributed by atoms with Gasteiger partial charge in [-0.1, -0.05) is 60.7 Å². The van der Waals surface area contributed by atoms with Crippen molar-refractivity contribution in [1.29, 1.82) is 0 Å². The summed E-state index contributed by atoms with van der Waals surface area (Å²) in [5.41, 5.74) is 9.59. The van der Waals surface area contributed by atoms with E-state index in [1.54, 1.807) is 36.4 Å². The molecule has 0 bridgehead atoms. The van der Waals surface area contributed by atoms with Crippen LogP contribution in [0.15, 0.2) is 85.1 Å². The quantitative estimate of drug-likeness (QED) is 0.142. The highest BCUT2D eigenvalue weighted by Crippen LogP contribution is 2.23. The lowest BCUT2D eigenvalue weighted by molar-refractivity contribution is -0.143. The van der Waals surface area contributed by atoms with E-state index in [1.807, 2.05) is 36.5 Å². The van der Waals surface area contributed by atoms with E-state index < -0.39 is 42.0 Å². The van der Waals surface area contributed by atoms with Gasteiger partial charge in [0.2, 0.25) is 17.7 Å². The van der Waals surface area contributed by atoms with Crippen molar-refractivity contribution in [2.75, 3.05) is 6.54 Å². The summed E-state index contributed by atoms with van der Waals surface area (Å²) in [6.07, 6.45) is 3.21. The average Bonchev–Trinajstić information content (AvgIpc) is 3.69. The van der Waals surface area contributed by atoms with E-state index >= 15 is 0 Å². The van der Waals surface area contributed by atoms with Gasteiger partial charge in [0.15, 0.2) is 0 Å². The van der Waals surface area contributed by atoms with Crippen LogP contribution in [0.3, 0.4) is 0 Å². The van der Waals surface area contributed by atoms with E-state index in [4.69, 9.17) is 5.73 Å². The number of nitrogens with zero attached hydrogens (tertiary/aromatic N) is 1. The van der Waals surface area contributed by atoms with E-state index in [2.05, 4.69) is 15.6 Å². The summed E-state index contributed by atoms with van der Waals surface area (Å²) in [7, 11) is 0. The number of aromatic amines is 1. The first-order valence-electron chi connectivity index (χ1n) is 15.0. The molecule has 7 N–H and O–H groups in total. The predicted octanol–water partition coefficient (Wildman–Crippen LogP) is 2.27. The number of likely N-dealkylation sites (tertiary alicyclic amines) is 1. The molecule has 1 aliphatic rings. The number of carbonyl (C=O) groups excluding carboxylic acids is 3. The second-order valence-corrected chi connectivity index (χ2v) is 11.4. The molecule has 1 saturated heterocycles. The van der Waals surface area contributed by atoms with Crippen LogP contribution in [0, 0.1) is 0 Å². The number of phenolic OH excluding ortho intramolecular Hbond substituents is 1. The van der Waals surface area contributed by atoms with Crippen molar-refractivity contribution in [3.05, 3.63) is 102 Å². The Bertz CT molecular complexity index is 1650. The van der Waals surface area contributed by atoms with E-state index in [9.17, 15) is 29.4 Å². The minimum absolute atomic E-state index is 0.0380. The fourth-order valence-corrected chi connectivity index (χ4v) is 5.81. The third kappa shape index (κ3) is 7.68. The maximum Gasteiger partial charge on any atom is 0.326 e. The summed E-state index contributed by atoms with van der Waals surface area (Å²) in [4.78, 5) is 57.4. The van der Waals surface area contributed by atoms with Crippen molar-refractivity contribution in [2.24, 2.45) is 5.73 Å². The Morgan fingerprint density at radius 1 is 0.867 bits per heavy atom. The third-order valence-electron chi connectivity index (χ3n) is 8.18. The number of rotatable bonds is 12. The molecule has 45 heavy (non-hydrogen) atoms. The van der Waals surface area contributed by atoms with E-state index in [-0.39, 0.29) is 30.9 Å². The van der Waals surface area contributed by atoms with Gasteiger partial charge in [0, 0.05) is 36.5 Å². The number of H-pyrrole nitrogens is 1. The minimum Gasteiger partial charge on any atom is -0.508 e. The highest BCUT2D eigenvalue weighted by atomic mass is 16.4. The number of para-hydroxylation sites is 1. The minimum atomic E-state index is -1.23. The molecule has 1 aliphatic heterocycles. The van der Waals surface area contributed by atoms with Crippen LogP contribution in [0.2, 0.25) is 0 Å². The highest BCUT2D eigenvalue weighted by molar-refractivity contribution is 5.95. The number of fused-ring (bicyclic) bond motifs is 1. The number of carboxylic acid groups (broad SMARTS) is 1. The van der Waals surface area contributed by atoms with Crippen LogP contribution in [0.4, 0.5) is 0 Å². The number of hydrogen-bond donors (Lipinski definition) is 6. The Labute approximate surface area is 260 Å². The zero-order valence-electron chi connectivity index (χ0n) is 24.7. The number of amides is 3. The first-order valence-corrected chi connectivity index (χ1v) is 15.0. The largest absolute Gasteiger partial charge is 0.508 e. The number of phenols is 1. The SMILES string of the molecule is NC(Cc1c[nH]c2ccccc12)C(=O)N1CCCC1C(=O)NC(Cc1ccc(O)cc1)C(=O)NC(Cc1ccccc1)C(=O)O. The Morgan fingerprint density at radius 3 is 2.27 bits per heavy atom. The van der Waals surface area contributed by atoms with Crippen molar-refractivity contribution >= 4 is 34.6 Å². The number of aliphatic carboxylic acids is 1. The molecule has 11 heteroatoms. The number of nitrogens with one attached hydrogen (secondary N) is 3. The molecule has 2 heterocycles. The maximum atomic E-state index is 13.7. The normalized spacial score (nSPS) is 16.6. The van der Waals surface area contributed by atoms with Gasteiger partial charge in [0.1, 0.15) is 23.9 Å². The summed E-state index contributed by atoms with van der Waals surface area (Å²) in [5, 5.41) is 25.9. The summed E-state index contributed by atoms with van der Waals surface area (Å²) in [6, 6.07) is 18.7. The van der Waals surface area contributed by atoms with E-state index in [1.165, 1.54) is 17.0 Å². The van der Waals surface area contributed by atoms with E-state index in [0.717, 1.165) is 22.0 Å².